The van der Waals surface area contributed by atoms with Gasteiger partial charge in [-0.2, -0.15) is 0 Å². The van der Waals surface area contributed by atoms with Crippen molar-refractivity contribution in [3.8, 4) is 0 Å². The van der Waals surface area contributed by atoms with Crippen LogP contribution in [0.15, 0.2) is 30.3 Å². The summed E-state index contributed by atoms with van der Waals surface area (Å²) in [4.78, 5) is 16.3. The van der Waals surface area contributed by atoms with E-state index in [-0.39, 0.29) is 30.4 Å². The number of nitrogens with one attached hydrogen (secondary N) is 2. The van der Waals surface area contributed by atoms with Crippen LogP contribution in [0.3, 0.4) is 0 Å². The summed E-state index contributed by atoms with van der Waals surface area (Å²) in [6.45, 7) is 3.17. The number of aliphatic hydroxyl groups is 1. The van der Waals surface area contributed by atoms with Gasteiger partial charge in [0, 0.05) is 22.7 Å². The van der Waals surface area contributed by atoms with Crippen LogP contribution in [0.25, 0.3) is 0 Å². The lowest BCUT2D eigenvalue weighted by atomic mass is 9.92. The molecule has 1 amide bonds. The van der Waals surface area contributed by atoms with Gasteiger partial charge in [0.2, 0.25) is 0 Å². The third-order valence-corrected chi connectivity index (χ3v) is 5.86. The van der Waals surface area contributed by atoms with E-state index in [1.54, 1.807) is 6.07 Å². The van der Waals surface area contributed by atoms with Crippen molar-refractivity contribution in [1.82, 2.24) is 15.1 Å². The van der Waals surface area contributed by atoms with Gasteiger partial charge in [0.25, 0.3) is 5.91 Å². The van der Waals surface area contributed by atoms with Gasteiger partial charge < -0.3 is 25.5 Å². The second-order valence-corrected chi connectivity index (χ2v) is 9.71. The lowest BCUT2D eigenvalue weighted by molar-refractivity contribution is -0.0797. The number of β-amino-alcohol motifs (C(OH)–C–C–N with tert-alkyl or cyclic N) is 1. The number of rotatable bonds is 8. The second-order valence-electron chi connectivity index (χ2n) is 8.46. The number of amides is 1. The molecule has 3 rings (SSSR count). The molecule has 0 spiro atoms. The van der Waals surface area contributed by atoms with Crippen molar-refractivity contribution in [3.05, 3.63) is 56.9 Å². The van der Waals surface area contributed by atoms with E-state index in [9.17, 15) is 23.1 Å². The highest BCUT2D eigenvalue weighted by Gasteiger charge is 2.44. The molecule has 1 aliphatic rings. The fourth-order valence-electron chi connectivity index (χ4n) is 3.64. The predicted molar refractivity (Wildman–Crippen MR) is 126 cm³/mol. The minimum atomic E-state index is -1.27. The van der Waals surface area contributed by atoms with Gasteiger partial charge in [0.05, 0.1) is 30.0 Å². The third kappa shape index (κ3) is 5.72. The van der Waals surface area contributed by atoms with E-state index < -0.39 is 34.6 Å². The molecule has 2 aromatic carbocycles. The van der Waals surface area contributed by atoms with Crippen molar-refractivity contribution in [2.75, 3.05) is 45.6 Å². The van der Waals surface area contributed by atoms with Gasteiger partial charge in [-0.3, -0.25) is 4.79 Å². The van der Waals surface area contributed by atoms with E-state index in [1.807, 2.05) is 48.5 Å². The van der Waals surface area contributed by atoms with Crippen LogP contribution < -0.4 is 10.6 Å². The molecule has 0 aliphatic carbocycles. The maximum Gasteiger partial charge on any atom is 0.256 e. The number of anilines is 2. The molecule has 1 aliphatic heterocycles. The van der Waals surface area contributed by atoms with E-state index in [0.29, 0.717) is 10.1 Å². The summed E-state index contributed by atoms with van der Waals surface area (Å²) in [5, 5.41) is 16.4. The molecule has 0 aromatic heterocycles. The highest BCUT2D eigenvalue weighted by atomic mass is 127. The maximum atomic E-state index is 14.6. The van der Waals surface area contributed by atoms with Crippen molar-refractivity contribution in [3.63, 3.8) is 0 Å². The Morgan fingerprint density at radius 3 is 2.53 bits per heavy atom. The first-order chi connectivity index (χ1) is 15.0. The van der Waals surface area contributed by atoms with E-state index >= 15 is 0 Å². The Hall–Kier alpha value is -1.89. The standard InChI is InChI=1S/C22H26F3IN4O2/c1-13(9-29(2)3)27-10-22(32)11-30(12-22)21(31)15-5-6-16(23)19(25)20(15)28-18-7-4-14(26)8-17(18)24/h4-8,13,27-28,32H,9-12H2,1-3H3. The Morgan fingerprint density at radius 2 is 1.91 bits per heavy atom. The molecule has 1 fully saturated rings. The van der Waals surface area contributed by atoms with Crippen molar-refractivity contribution in [1.29, 1.82) is 0 Å². The van der Waals surface area contributed by atoms with Crippen LogP contribution in [0.4, 0.5) is 24.5 Å². The maximum absolute atomic E-state index is 14.6. The van der Waals surface area contributed by atoms with Gasteiger partial charge in [0.15, 0.2) is 11.6 Å². The molecule has 3 N–H and O–H groups in total. The van der Waals surface area contributed by atoms with Crippen LogP contribution in [-0.4, -0.2) is 72.7 Å². The number of hydrogen-bond acceptors (Lipinski definition) is 5. The minimum absolute atomic E-state index is 0.0455. The van der Waals surface area contributed by atoms with Crippen LogP contribution >= 0.6 is 22.6 Å². The lowest BCUT2D eigenvalue weighted by Gasteiger charge is -2.47. The van der Waals surface area contributed by atoms with Crippen molar-refractivity contribution >= 4 is 39.9 Å². The van der Waals surface area contributed by atoms with Gasteiger partial charge >= 0.3 is 0 Å². The van der Waals surface area contributed by atoms with Crippen LogP contribution in [-0.2, 0) is 0 Å². The lowest BCUT2D eigenvalue weighted by Crippen LogP contribution is -2.68. The number of benzene rings is 2. The molecule has 0 bridgehead atoms. The van der Waals surface area contributed by atoms with Gasteiger partial charge in [-0.15, -0.1) is 0 Å². The summed E-state index contributed by atoms with van der Waals surface area (Å²) < 4.78 is 43.3. The van der Waals surface area contributed by atoms with E-state index in [0.717, 1.165) is 18.7 Å². The third-order valence-electron chi connectivity index (χ3n) is 5.19. The van der Waals surface area contributed by atoms with E-state index in [2.05, 4.69) is 10.6 Å². The fraction of sp³-hybridized carbons (Fsp3) is 0.409. The molecule has 1 unspecified atom stereocenters. The van der Waals surface area contributed by atoms with Gasteiger partial charge in [0.1, 0.15) is 11.4 Å². The average Bonchev–Trinajstić information content (AvgIpc) is 2.68. The molecular weight excluding hydrogens is 536 g/mol. The number of hydrogen-bond donors (Lipinski definition) is 3. The fourth-order valence-corrected chi connectivity index (χ4v) is 4.10. The van der Waals surface area contributed by atoms with Crippen LogP contribution in [0.2, 0.25) is 0 Å². The predicted octanol–water partition coefficient (Wildman–Crippen LogP) is 3.18. The van der Waals surface area contributed by atoms with Gasteiger partial charge in [-0.1, -0.05) is 0 Å². The Labute approximate surface area is 198 Å². The quantitative estimate of drug-likeness (QED) is 0.432. The van der Waals surface area contributed by atoms with E-state index in [1.165, 1.54) is 17.0 Å². The molecule has 32 heavy (non-hydrogen) atoms. The number of nitrogens with zero attached hydrogens (tertiary/aromatic N) is 2. The summed E-state index contributed by atoms with van der Waals surface area (Å²) >= 11 is 1.93. The van der Waals surface area contributed by atoms with Crippen molar-refractivity contribution in [2.45, 2.75) is 18.6 Å². The van der Waals surface area contributed by atoms with Crippen LogP contribution in [0, 0.1) is 21.0 Å². The SMILES string of the molecule is CC(CN(C)C)NCC1(O)CN(C(=O)c2ccc(F)c(F)c2Nc2ccc(I)cc2F)C1. The minimum Gasteiger partial charge on any atom is -0.385 e. The number of likely N-dealkylation sites (tertiary alicyclic amines) is 1. The normalized spacial score (nSPS) is 16.1. The zero-order valence-corrected chi connectivity index (χ0v) is 20.2. The summed E-state index contributed by atoms with van der Waals surface area (Å²) in [5.74, 6) is -3.67. The monoisotopic (exact) mass is 562 g/mol. The molecular formula is C22H26F3IN4O2. The average molecular weight is 562 g/mol. The Kier molecular flexibility index (Phi) is 7.69. The number of halogens is 4. The Balaban J connectivity index is 1.73. The summed E-state index contributed by atoms with van der Waals surface area (Å²) in [6, 6.07) is 6.38. The molecule has 0 radical (unpaired) electrons. The molecule has 6 nitrogen and oxygen atoms in total. The first-order valence-electron chi connectivity index (χ1n) is 10.1. The zero-order chi connectivity index (χ0) is 23.6. The van der Waals surface area contributed by atoms with Gasteiger partial charge in [-0.05, 0) is 73.9 Å². The molecule has 10 heteroatoms. The first kappa shape index (κ1) is 24.7. The smallest absolute Gasteiger partial charge is 0.256 e. The molecule has 2 aromatic rings. The molecule has 1 atom stereocenters. The van der Waals surface area contributed by atoms with E-state index in [4.69, 9.17) is 0 Å². The molecule has 174 valence electrons. The zero-order valence-electron chi connectivity index (χ0n) is 18.1. The largest absolute Gasteiger partial charge is 0.385 e. The van der Waals surface area contributed by atoms with Crippen molar-refractivity contribution in [2.24, 2.45) is 0 Å². The number of carbonyl (C=O) groups is 1. The second kappa shape index (κ2) is 9.94. The first-order valence-corrected chi connectivity index (χ1v) is 11.2. The Morgan fingerprint density at radius 1 is 1.22 bits per heavy atom. The Bertz CT molecular complexity index is 999. The highest BCUT2D eigenvalue weighted by molar-refractivity contribution is 14.1. The molecule has 1 heterocycles. The number of carbonyl (C=O) groups excluding carboxylic acids is 1. The summed E-state index contributed by atoms with van der Waals surface area (Å²) in [7, 11) is 3.90. The van der Waals surface area contributed by atoms with Crippen LogP contribution in [0.1, 0.15) is 17.3 Å². The van der Waals surface area contributed by atoms with Gasteiger partial charge in [-0.25, -0.2) is 13.2 Å². The van der Waals surface area contributed by atoms with Crippen molar-refractivity contribution < 1.29 is 23.1 Å². The highest BCUT2D eigenvalue weighted by Crippen LogP contribution is 2.31. The summed E-state index contributed by atoms with van der Waals surface area (Å²) in [5.41, 5.74) is -1.77. The molecule has 1 saturated heterocycles. The molecule has 0 saturated carbocycles. The summed E-state index contributed by atoms with van der Waals surface area (Å²) in [6.07, 6.45) is 0. The van der Waals surface area contributed by atoms with Crippen LogP contribution in [0.5, 0.6) is 0 Å². The topological polar surface area (TPSA) is 67.8 Å². The number of likely N-dealkylation sites (N-methyl/N-ethyl adjacent to an activating group) is 1.